The first-order valence-electron chi connectivity index (χ1n) is 5.65. The number of thiol groups is 1. The van der Waals surface area contributed by atoms with Gasteiger partial charge >= 0.3 is 0 Å². The van der Waals surface area contributed by atoms with Gasteiger partial charge in [-0.05, 0) is 23.6 Å². The van der Waals surface area contributed by atoms with Crippen LogP contribution in [0.5, 0.6) is 5.75 Å². The average molecular weight is 240 g/mol. The Bertz CT molecular complexity index is 300. The highest BCUT2D eigenvalue weighted by Crippen LogP contribution is 2.19. The Morgan fingerprint density at radius 1 is 1.19 bits per heavy atom. The second-order valence-electron chi connectivity index (χ2n) is 3.91. The van der Waals surface area contributed by atoms with Gasteiger partial charge in [-0.25, -0.2) is 0 Å². The van der Waals surface area contributed by atoms with Gasteiger partial charge in [-0.2, -0.15) is 12.6 Å². The summed E-state index contributed by atoms with van der Waals surface area (Å²) in [4.78, 5) is 0. The summed E-state index contributed by atoms with van der Waals surface area (Å²) in [6.07, 6.45) is 0. The molecule has 3 heteroatoms. The zero-order chi connectivity index (χ0) is 11.8. The fraction of sp³-hybridized carbons (Fsp3) is 0.538. The van der Waals surface area contributed by atoms with Crippen molar-refractivity contribution in [1.29, 1.82) is 0 Å². The summed E-state index contributed by atoms with van der Waals surface area (Å²) in [5.74, 6) is 2.20. The largest absolute Gasteiger partial charge is 0.491 e. The first-order chi connectivity index (χ1) is 7.74. The van der Waals surface area contributed by atoms with Gasteiger partial charge < -0.3 is 9.47 Å². The second-order valence-corrected chi connectivity index (χ2v) is 4.36. The molecule has 0 heterocycles. The Morgan fingerprint density at radius 3 is 2.69 bits per heavy atom. The quantitative estimate of drug-likeness (QED) is 0.583. The third-order valence-electron chi connectivity index (χ3n) is 2.26. The van der Waals surface area contributed by atoms with E-state index in [2.05, 4.69) is 38.6 Å². The van der Waals surface area contributed by atoms with Crippen LogP contribution in [0.2, 0.25) is 0 Å². The molecule has 0 unspecified atom stereocenters. The van der Waals surface area contributed by atoms with Gasteiger partial charge in [0.2, 0.25) is 0 Å². The zero-order valence-corrected chi connectivity index (χ0v) is 10.9. The van der Waals surface area contributed by atoms with Crippen molar-refractivity contribution in [2.75, 3.05) is 25.6 Å². The summed E-state index contributed by atoms with van der Waals surface area (Å²) in [6.45, 7) is 6.24. The normalized spacial score (nSPS) is 10.8. The fourth-order valence-corrected chi connectivity index (χ4v) is 1.48. The van der Waals surface area contributed by atoms with E-state index in [-0.39, 0.29) is 0 Å². The van der Waals surface area contributed by atoms with Crippen molar-refractivity contribution >= 4 is 12.6 Å². The van der Waals surface area contributed by atoms with Crippen LogP contribution in [-0.2, 0) is 4.74 Å². The third kappa shape index (κ3) is 4.90. The Balaban J connectivity index is 2.33. The van der Waals surface area contributed by atoms with Crippen molar-refractivity contribution in [2.24, 2.45) is 0 Å². The van der Waals surface area contributed by atoms with E-state index in [0.29, 0.717) is 25.7 Å². The molecule has 0 saturated heterocycles. The van der Waals surface area contributed by atoms with Crippen LogP contribution < -0.4 is 4.74 Å². The van der Waals surface area contributed by atoms with Crippen molar-refractivity contribution < 1.29 is 9.47 Å². The first kappa shape index (κ1) is 13.4. The second kappa shape index (κ2) is 7.58. The van der Waals surface area contributed by atoms with Crippen LogP contribution in [0.25, 0.3) is 0 Å². The maximum Gasteiger partial charge on any atom is 0.119 e. The molecular formula is C13H20O2S. The van der Waals surface area contributed by atoms with E-state index in [4.69, 9.17) is 9.47 Å². The van der Waals surface area contributed by atoms with Crippen LogP contribution >= 0.6 is 12.6 Å². The zero-order valence-electron chi connectivity index (χ0n) is 9.98. The SMILES string of the molecule is CC(C)c1cccc(OCCOCCS)c1. The Kier molecular flexibility index (Phi) is 6.34. The van der Waals surface area contributed by atoms with Gasteiger partial charge in [-0.3, -0.25) is 0 Å². The molecule has 0 aromatic heterocycles. The smallest absolute Gasteiger partial charge is 0.119 e. The van der Waals surface area contributed by atoms with Gasteiger partial charge in [-0.15, -0.1) is 0 Å². The molecule has 0 amide bonds. The molecule has 0 saturated carbocycles. The molecule has 0 aliphatic carbocycles. The molecule has 0 aliphatic rings. The van der Waals surface area contributed by atoms with Gasteiger partial charge in [0.1, 0.15) is 12.4 Å². The molecule has 0 atom stereocenters. The standard InChI is InChI=1S/C13H20O2S/c1-11(2)12-4-3-5-13(10-12)15-7-6-14-8-9-16/h3-5,10-11,16H,6-9H2,1-2H3. The van der Waals surface area contributed by atoms with E-state index in [1.54, 1.807) is 0 Å². The van der Waals surface area contributed by atoms with Gasteiger partial charge in [-0.1, -0.05) is 26.0 Å². The van der Waals surface area contributed by atoms with Gasteiger partial charge in [0, 0.05) is 5.75 Å². The van der Waals surface area contributed by atoms with E-state index in [1.807, 2.05) is 12.1 Å². The van der Waals surface area contributed by atoms with E-state index < -0.39 is 0 Å². The Morgan fingerprint density at radius 2 is 2.00 bits per heavy atom. The monoisotopic (exact) mass is 240 g/mol. The van der Waals surface area contributed by atoms with Crippen LogP contribution in [0.1, 0.15) is 25.3 Å². The van der Waals surface area contributed by atoms with Crippen LogP contribution in [0, 0.1) is 0 Å². The summed E-state index contributed by atoms with van der Waals surface area (Å²) >= 11 is 4.06. The van der Waals surface area contributed by atoms with E-state index in [1.165, 1.54) is 5.56 Å². The number of benzene rings is 1. The van der Waals surface area contributed by atoms with Crippen LogP contribution in [0.3, 0.4) is 0 Å². The summed E-state index contributed by atoms with van der Waals surface area (Å²) in [5.41, 5.74) is 1.30. The topological polar surface area (TPSA) is 18.5 Å². The summed E-state index contributed by atoms with van der Waals surface area (Å²) in [7, 11) is 0. The molecule has 0 N–H and O–H groups in total. The molecule has 0 aliphatic heterocycles. The van der Waals surface area contributed by atoms with Crippen molar-refractivity contribution in [3.63, 3.8) is 0 Å². The number of ether oxygens (including phenoxy) is 2. The molecule has 1 aromatic carbocycles. The van der Waals surface area contributed by atoms with Gasteiger partial charge in [0.15, 0.2) is 0 Å². The maximum absolute atomic E-state index is 5.59. The molecule has 0 spiro atoms. The minimum Gasteiger partial charge on any atom is -0.491 e. The first-order valence-corrected chi connectivity index (χ1v) is 6.28. The number of hydrogen-bond acceptors (Lipinski definition) is 3. The Hall–Kier alpha value is -0.670. The van der Waals surface area contributed by atoms with Crippen molar-refractivity contribution in [3.8, 4) is 5.75 Å². The minimum absolute atomic E-state index is 0.531. The molecule has 1 aromatic rings. The van der Waals surface area contributed by atoms with Gasteiger partial charge in [0.05, 0.1) is 13.2 Å². The minimum atomic E-state index is 0.531. The molecule has 1 rings (SSSR count). The molecule has 90 valence electrons. The molecule has 0 bridgehead atoms. The summed E-state index contributed by atoms with van der Waals surface area (Å²) < 4.78 is 10.9. The van der Waals surface area contributed by atoms with E-state index in [0.717, 1.165) is 11.5 Å². The summed E-state index contributed by atoms with van der Waals surface area (Å²) in [6, 6.07) is 8.21. The van der Waals surface area contributed by atoms with Crippen molar-refractivity contribution in [3.05, 3.63) is 29.8 Å². The maximum atomic E-state index is 5.59. The number of rotatable bonds is 7. The van der Waals surface area contributed by atoms with Crippen LogP contribution in [0.4, 0.5) is 0 Å². The predicted molar refractivity (Wildman–Crippen MR) is 70.7 cm³/mol. The average Bonchev–Trinajstić information content (AvgIpc) is 2.29. The third-order valence-corrected chi connectivity index (χ3v) is 2.44. The van der Waals surface area contributed by atoms with Crippen molar-refractivity contribution in [1.82, 2.24) is 0 Å². The highest BCUT2D eigenvalue weighted by Gasteiger charge is 2.00. The van der Waals surface area contributed by atoms with E-state index in [9.17, 15) is 0 Å². The lowest BCUT2D eigenvalue weighted by molar-refractivity contribution is 0.112. The van der Waals surface area contributed by atoms with Crippen LogP contribution in [0.15, 0.2) is 24.3 Å². The molecule has 2 nitrogen and oxygen atoms in total. The molecule has 0 fully saturated rings. The molecule has 0 radical (unpaired) electrons. The van der Waals surface area contributed by atoms with Crippen LogP contribution in [-0.4, -0.2) is 25.6 Å². The highest BCUT2D eigenvalue weighted by molar-refractivity contribution is 7.80. The highest BCUT2D eigenvalue weighted by atomic mass is 32.1. The van der Waals surface area contributed by atoms with Crippen molar-refractivity contribution in [2.45, 2.75) is 19.8 Å². The Labute approximate surface area is 103 Å². The predicted octanol–water partition coefficient (Wildman–Crippen LogP) is 3.14. The lowest BCUT2D eigenvalue weighted by atomic mass is 10.0. The lowest BCUT2D eigenvalue weighted by Gasteiger charge is -2.10. The lowest BCUT2D eigenvalue weighted by Crippen LogP contribution is -2.08. The number of hydrogen-bond donors (Lipinski definition) is 1. The van der Waals surface area contributed by atoms with Gasteiger partial charge in [0.25, 0.3) is 0 Å². The van der Waals surface area contributed by atoms with E-state index >= 15 is 0 Å². The molecular weight excluding hydrogens is 220 g/mol. The fourth-order valence-electron chi connectivity index (χ4n) is 1.35. The summed E-state index contributed by atoms with van der Waals surface area (Å²) in [5, 5.41) is 0. The molecule has 16 heavy (non-hydrogen) atoms.